The summed E-state index contributed by atoms with van der Waals surface area (Å²) in [6.07, 6.45) is 3.69. The average Bonchev–Trinajstić information content (AvgIpc) is 2.68. The molecule has 4 nitrogen and oxygen atoms in total. The Morgan fingerprint density at radius 1 is 1.50 bits per heavy atom. The van der Waals surface area contributed by atoms with E-state index in [9.17, 15) is 4.79 Å². The van der Waals surface area contributed by atoms with Gasteiger partial charge in [-0.05, 0) is 13.0 Å². The molecule has 0 radical (unpaired) electrons. The van der Waals surface area contributed by atoms with Gasteiger partial charge in [-0.15, -0.1) is 0 Å². The van der Waals surface area contributed by atoms with E-state index < -0.39 is 0 Å². The lowest BCUT2D eigenvalue weighted by Gasteiger charge is -2.27. The number of amides is 1. The number of hydrogen-bond acceptors (Lipinski definition) is 2. The first kappa shape index (κ1) is 11.2. The van der Waals surface area contributed by atoms with Gasteiger partial charge in [-0.1, -0.05) is 0 Å². The van der Waals surface area contributed by atoms with Gasteiger partial charge >= 0.3 is 0 Å². The molecule has 2 N–H and O–H groups in total. The Morgan fingerprint density at radius 3 is 2.75 bits per heavy atom. The monoisotopic (exact) mass is 223 g/mol. The molecule has 1 aliphatic heterocycles. The fraction of sp³-hybridized carbons (Fsp3) is 0.583. The number of likely N-dealkylation sites (tertiary alicyclic amines) is 1. The van der Waals surface area contributed by atoms with Crippen molar-refractivity contribution in [3.63, 3.8) is 0 Å². The first-order chi connectivity index (χ1) is 7.66. The maximum absolute atomic E-state index is 11.9. The number of hydrogen-bond donors (Lipinski definition) is 2. The predicted molar refractivity (Wildman–Crippen MR) is 60.6 cm³/mol. The summed E-state index contributed by atoms with van der Waals surface area (Å²) in [5.41, 5.74) is 0.659. The minimum Gasteiger partial charge on any atom is -0.469 e. The molecule has 0 atom stereocenters. The third-order valence-corrected chi connectivity index (χ3v) is 3.28. The lowest BCUT2D eigenvalue weighted by Crippen LogP contribution is -3.10. The van der Waals surface area contributed by atoms with Crippen LogP contribution in [0.3, 0.4) is 0 Å². The van der Waals surface area contributed by atoms with E-state index in [1.807, 2.05) is 6.92 Å². The number of carbonyl (C=O) groups excluding carboxylic acids is 1. The first-order valence-electron chi connectivity index (χ1n) is 5.83. The summed E-state index contributed by atoms with van der Waals surface area (Å²) < 4.78 is 5.13. The number of piperidine rings is 1. The molecular weight excluding hydrogens is 204 g/mol. The molecule has 1 aromatic heterocycles. The van der Waals surface area contributed by atoms with Gasteiger partial charge in [0.05, 0.1) is 32.0 Å². The van der Waals surface area contributed by atoms with Crippen LogP contribution in [0.15, 0.2) is 16.7 Å². The van der Waals surface area contributed by atoms with Gasteiger partial charge in [0, 0.05) is 18.9 Å². The zero-order chi connectivity index (χ0) is 11.5. The number of rotatable bonds is 2. The molecule has 16 heavy (non-hydrogen) atoms. The van der Waals surface area contributed by atoms with Gasteiger partial charge in [0.1, 0.15) is 5.76 Å². The maximum atomic E-state index is 11.9. The highest BCUT2D eigenvalue weighted by molar-refractivity contribution is 5.95. The Balaban J connectivity index is 1.91. The van der Waals surface area contributed by atoms with Crippen LogP contribution in [-0.4, -0.2) is 32.1 Å². The Hall–Kier alpha value is -1.29. The van der Waals surface area contributed by atoms with Crippen molar-refractivity contribution in [1.29, 1.82) is 0 Å². The van der Waals surface area contributed by atoms with Crippen LogP contribution in [-0.2, 0) is 0 Å². The third kappa shape index (κ3) is 2.44. The first-order valence-corrected chi connectivity index (χ1v) is 5.83. The lowest BCUT2D eigenvalue weighted by atomic mass is 10.1. The molecule has 0 unspecified atom stereocenters. The van der Waals surface area contributed by atoms with E-state index in [4.69, 9.17) is 4.42 Å². The molecule has 0 aliphatic carbocycles. The highest BCUT2D eigenvalue weighted by Gasteiger charge is 2.22. The molecule has 0 saturated carbocycles. The fourth-order valence-corrected chi connectivity index (χ4v) is 2.14. The van der Waals surface area contributed by atoms with E-state index >= 15 is 0 Å². The minimum atomic E-state index is -0.00389. The quantitative estimate of drug-likeness (QED) is 0.741. The van der Waals surface area contributed by atoms with Crippen molar-refractivity contribution in [2.24, 2.45) is 0 Å². The number of carbonyl (C=O) groups is 1. The molecule has 1 saturated heterocycles. The lowest BCUT2D eigenvalue weighted by molar-refractivity contribution is -0.884. The molecule has 0 spiro atoms. The summed E-state index contributed by atoms with van der Waals surface area (Å²) in [5, 5.41) is 3.07. The molecule has 1 aromatic rings. The second kappa shape index (κ2) is 4.70. The van der Waals surface area contributed by atoms with Crippen LogP contribution in [0, 0.1) is 6.92 Å². The van der Waals surface area contributed by atoms with Crippen LogP contribution in [0.5, 0.6) is 0 Å². The fourth-order valence-electron chi connectivity index (χ4n) is 2.14. The van der Waals surface area contributed by atoms with Crippen LogP contribution >= 0.6 is 0 Å². The molecular formula is C12H19N2O2+. The SMILES string of the molecule is Cc1occc1C(=O)NC1CC[NH+](C)CC1. The molecule has 0 aromatic carbocycles. The van der Waals surface area contributed by atoms with E-state index in [1.54, 1.807) is 17.2 Å². The zero-order valence-electron chi connectivity index (χ0n) is 9.88. The van der Waals surface area contributed by atoms with Crippen molar-refractivity contribution in [1.82, 2.24) is 5.32 Å². The number of quaternary nitrogens is 1. The van der Waals surface area contributed by atoms with Gasteiger partial charge < -0.3 is 14.6 Å². The summed E-state index contributed by atoms with van der Waals surface area (Å²) in [7, 11) is 2.19. The summed E-state index contributed by atoms with van der Waals surface area (Å²) >= 11 is 0. The molecule has 88 valence electrons. The van der Waals surface area contributed by atoms with Crippen LogP contribution in [0.1, 0.15) is 29.0 Å². The molecule has 1 aliphatic rings. The smallest absolute Gasteiger partial charge is 0.255 e. The molecule has 4 heteroatoms. The summed E-state index contributed by atoms with van der Waals surface area (Å²) in [6.45, 7) is 4.08. The Kier molecular flexibility index (Phi) is 3.29. The van der Waals surface area contributed by atoms with Crippen molar-refractivity contribution in [3.8, 4) is 0 Å². The van der Waals surface area contributed by atoms with E-state index in [2.05, 4.69) is 12.4 Å². The van der Waals surface area contributed by atoms with Crippen molar-refractivity contribution in [2.75, 3.05) is 20.1 Å². The van der Waals surface area contributed by atoms with Gasteiger partial charge in [0.15, 0.2) is 0 Å². The van der Waals surface area contributed by atoms with E-state index in [0.717, 1.165) is 25.9 Å². The molecule has 2 rings (SSSR count). The van der Waals surface area contributed by atoms with Gasteiger partial charge in [-0.25, -0.2) is 0 Å². The van der Waals surface area contributed by atoms with Gasteiger partial charge in [-0.2, -0.15) is 0 Å². The predicted octanol–water partition coefficient (Wildman–Crippen LogP) is -0.00508. The van der Waals surface area contributed by atoms with E-state index in [0.29, 0.717) is 17.4 Å². The second-order valence-electron chi connectivity index (χ2n) is 4.60. The summed E-state index contributed by atoms with van der Waals surface area (Å²) in [4.78, 5) is 13.4. The average molecular weight is 223 g/mol. The van der Waals surface area contributed by atoms with Crippen molar-refractivity contribution in [2.45, 2.75) is 25.8 Å². The Morgan fingerprint density at radius 2 is 2.19 bits per heavy atom. The van der Waals surface area contributed by atoms with Crippen LogP contribution in [0.25, 0.3) is 0 Å². The topological polar surface area (TPSA) is 46.7 Å². The zero-order valence-corrected chi connectivity index (χ0v) is 9.88. The van der Waals surface area contributed by atoms with Crippen LogP contribution < -0.4 is 10.2 Å². The van der Waals surface area contributed by atoms with E-state index in [-0.39, 0.29) is 5.91 Å². The minimum absolute atomic E-state index is 0.00389. The molecule has 1 amide bonds. The standard InChI is InChI=1S/C12H18N2O2/c1-9-11(5-8-16-9)12(15)13-10-3-6-14(2)7-4-10/h5,8,10H,3-4,6-7H2,1-2H3,(H,13,15)/p+1. The number of nitrogens with one attached hydrogen (secondary N) is 2. The molecule has 0 bridgehead atoms. The normalized spacial score (nSPS) is 25.4. The Bertz CT molecular complexity index is 365. The summed E-state index contributed by atoms with van der Waals surface area (Å²) in [5.74, 6) is 0.687. The van der Waals surface area contributed by atoms with Gasteiger partial charge in [-0.3, -0.25) is 4.79 Å². The van der Waals surface area contributed by atoms with Crippen molar-refractivity contribution >= 4 is 5.91 Å². The molecule has 2 heterocycles. The number of aryl methyl sites for hydroxylation is 1. The third-order valence-electron chi connectivity index (χ3n) is 3.28. The maximum Gasteiger partial charge on any atom is 0.255 e. The Labute approximate surface area is 95.6 Å². The van der Waals surface area contributed by atoms with Gasteiger partial charge in [0.2, 0.25) is 0 Å². The largest absolute Gasteiger partial charge is 0.469 e. The van der Waals surface area contributed by atoms with Crippen LogP contribution in [0.4, 0.5) is 0 Å². The highest BCUT2D eigenvalue weighted by atomic mass is 16.3. The summed E-state index contributed by atoms with van der Waals surface area (Å²) in [6, 6.07) is 2.05. The van der Waals surface area contributed by atoms with Gasteiger partial charge in [0.25, 0.3) is 5.91 Å². The number of furan rings is 1. The second-order valence-corrected chi connectivity index (χ2v) is 4.60. The molecule has 1 fully saturated rings. The highest BCUT2D eigenvalue weighted by Crippen LogP contribution is 2.09. The van der Waals surface area contributed by atoms with Crippen molar-refractivity contribution < 1.29 is 14.1 Å². The van der Waals surface area contributed by atoms with E-state index in [1.165, 1.54) is 0 Å². The van der Waals surface area contributed by atoms with Crippen LogP contribution in [0.2, 0.25) is 0 Å². The van der Waals surface area contributed by atoms with Crippen molar-refractivity contribution in [3.05, 3.63) is 23.7 Å².